The van der Waals surface area contributed by atoms with E-state index in [9.17, 15) is 0 Å². The summed E-state index contributed by atoms with van der Waals surface area (Å²) in [7, 11) is 0. The Balaban J connectivity index is 2.07. The van der Waals surface area contributed by atoms with Crippen LogP contribution in [0, 0.1) is 0 Å². The summed E-state index contributed by atoms with van der Waals surface area (Å²) < 4.78 is 3.70. The molecule has 0 fully saturated rings. The van der Waals surface area contributed by atoms with Crippen LogP contribution in [0.15, 0.2) is 67.3 Å². The Hall–Kier alpha value is -1.93. The highest BCUT2D eigenvalue weighted by Gasteiger charge is 2.18. The minimum Gasteiger partial charge on any atom is -0.182 e. The van der Waals surface area contributed by atoms with Crippen molar-refractivity contribution >= 4 is 21.6 Å². The normalized spacial score (nSPS) is 10.7. The molecule has 0 aliphatic rings. The molecule has 2 heteroatoms. The number of allylic oxidation sites excluding steroid dienone is 1. The van der Waals surface area contributed by atoms with Crippen LogP contribution in [0.3, 0.4) is 0 Å². The van der Waals surface area contributed by atoms with Crippen LogP contribution in [0.5, 0.6) is 0 Å². The van der Waals surface area contributed by atoms with Gasteiger partial charge in [0.15, 0.2) is 6.54 Å². The van der Waals surface area contributed by atoms with Crippen LogP contribution in [-0.4, -0.2) is 0 Å². The summed E-state index contributed by atoms with van der Waals surface area (Å²) in [5.74, 6) is 0. The van der Waals surface area contributed by atoms with Crippen LogP contribution in [0.4, 0.5) is 0 Å². The Bertz CT molecular complexity index is 698. The summed E-state index contributed by atoms with van der Waals surface area (Å²) in [4.78, 5) is 0. The zero-order chi connectivity index (χ0) is 13.1. The molecule has 0 saturated heterocycles. The molecule has 0 radical (unpaired) electrons. The molecule has 0 aliphatic carbocycles. The molecule has 1 nitrogen and oxygen atoms in total. The van der Waals surface area contributed by atoms with Gasteiger partial charge in [-0.05, 0) is 17.7 Å². The first-order valence-electron chi connectivity index (χ1n) is 6.43. The Morgan fingerprint density at radius 3 is 2.53 bits per heavy atom. The minimum atomic E-state index is 0.867. The lowest BCUT2D eigenvalue weighted by Gasteiger charge is -1.97. The number of thiazole rings is 1. The lowest BCUT2D eigenvalue weighted by atomic mass is 10.1. The Labute approximate surface area is 117 Å². The number of hydrogen-bond donors (Lipinski definition) is 0. The van der Waals surface area contributed by atoms with Crippen molar-refractivity contribution in [2.45, 2.75) is 13.0 Å². The van der Waals surface area contributed by atoms with Gasteiger partial charge in [-0.2, -0.15) is 4.57 Å². The number of para-hydroxylation sites is 1. The molecule has 2 aromatic carbocycles. The Morgan fingerprint density at radius 1 is 1.00 bits per heavy atom. The molecule has 19 heavy (non-hydrogen) atoms. The van der Waals surface area contributed by atoms with E-state index in [2.05, 4.69) is 65.7 Å². The maximum Gasteiger partial charge on any atom is 0.243 e. The lowest BCUT2D eigenvalue weighted by molar-refractivity contribution is -0.663. The molecule has 3 aromatic rings. The zero-order valence-electron chi connectivity index (χ0n) is 10.8. The SMILES string of the molecule is C=CC[n+]1c(Cc2ccccc2)sc2ccccc21. The Morgan fingerprint density at radius 2 is 1.74 bits per heavy atom. The second-order valence-corrected chi connectivity index (χ2v) is 5.64. The van der Waals surface area contributed by atoms with E-state index < -0.39 is 0 Å². The molecule has 0 bridgehead atoms. The van der Waals surface area contributed by atoms with Crippen LogP contribution >= 0.6 is 11.3 Å². The summed E-state index contributed by atoms with van der Waals surface area (Å²) in [6.07, 6.45) is 2.95. The first-order valence-corrected chi connectivity index (χ1v) is 7.25. The summed E-state index contributed by atoms with van der Waals surface area (Å²) in [6.45, 7) is 4.74. The van der Waals surface area contributed by atoms with Gasteiger partial charge in [-0.1, -0.05) is 60.4 Å². The minimum absolute atomic E-state index is 0.867. The number of aromatic nitrogens is 1. The van der Waals surface area contributed by atoms with E-state index in [1.165, 1.54) is 20.8 Å². The highest BCUT2D eigenvalue weighted by Crippen LogP contribution is 2.22. The second kappa shape index (κ2) is 5.37. The highest BCUT2D eigenvalue weighted by molar-refractivity contribution is 7.18. The standard InChI is InChI=1S/C17H16NS/c1-2-12-18-15-10-6-7-11-16(15)19-17(18)13-14-8-4-3-5-9-14/h2-11H,1,12-13H2/q+1. The van der Waals surface area contributed by atoms with Crippen LogP contribution in [0.25, 0.3) is 10.2 Å². The summed E-state index contributed by atoms with van der Waals surface area (Å²) in [5.41, 5.74) is 2.66. The van der Waals surface area contributed by atoms with Crippen molar-refractivity contribution in [2.24, 2.45) is 0 Å². The molecule has 1 aromatic heterocycles. The van der Waals surface area contributed by atoms with Gasteiger partial charge in [0.2, 0.25) is 10.5 Å². The monoisotopic (exact) mass is 266 g/mol. The van der Waals surface area contributed by atoms with E-state index >= 15 is 0 Å². The van der Waals surface area contributed by atoms with Gasteiger partial charge in [-0.3, -0.25) is 0 Å². The van der Waals surface area contributed by atoms with Crippen molar-refractivity contribution in [2.75, 3.05) is 0 Å². The van der Waals surface area contributed by atoms with E-state index in [1.54, 1.807) is 0 Å². The molecule has 0 unspecified atom stereocenters. The third kappa shape index (κ3) is 2.45. The molecule has 0 aliphatic heterocycles. The smallest absolute Gasteiger partial charge is 0.182 e. The molecule has 0 saturated carbocycles. The van der Waals surface area contributed by atoms with E-state index in [-0.39, 0.29) is 0 Å². The maximum atomic E-state index is 3.87. The fraction of sp³-hybridized carbons (Fsp3) is 0.118. The summed E-state index contributed by atoms with van der Waals surface area (Å²) in [6, 6.07) is 19.2. The fourth-order valence-electron chi connectivity index (χ4n) is 2.31. The first-order chi connectivity index (χ1) is 9.38. The molecule has 94 valence electrons. The van der Waals surface area contributed by atoms with Crippen LogP contribution in [0.1, 0.15) is 10.6 Å². The third-order valence-corrected chi connectivity index (χ3v) is 4.36. The van der Waals surface area contributed by atoms with Gasteiger partial charge in [-0.15, -0.1) is 0 Å². The van der Waals surface area contributed by atoms with Crippen molar-refractivity contribution in [3.63, 3.8) is 0 Å². The molecule has 0 N–H and O–H groups in total. The van der Waals surface area contributed by atoms with Crippen molar-refractivity contribution < 1.29 is 4.57 Å². The van der Waals surface area contributed by atoms with Gasteiger partial charge in [0, 0.05) is 6.07 Å². The molecule has 0 spiro atoms. The number of fused-ring (bicyclic) bond motifs is 1. The number of rotatable bonds is 4. The molecular formula is C17H16NS+. The fourth-order valence-corrected chi connectivity index (χ4v) is 3.52. The number of nitrogens with zero attached hydrogens (tertiary/aromatic N) is 1. The van der Waals surface area contributed by atoms with Crippen LogP contribution in [-0.2, 0) is 13.0 Å². The van der Waals surface area contributed by atoms with Gasteiger partial charge < -0.3 is 0 Å². The average molecular weight is 266 g/mol. The molecule has 1 heterocycles. The van der Waals surface area contributed by atoms with E-state index in [4.69, 9.17) is 0 Å². The van der Waals surface area contributed by atoms with Crippen molar-refractivity contribution in [3.05, 3.63) is 77.8 Å². The number of benzene rings is 2. The number of hydrogen-bond acceptors (Lipinski definition) is 1. The molecular weight excluding hydrogens is 250 g/mol. The summed E-state index contributed by atoms with van der Waals surface area (Å²) >= 11 is 1.87. The van der Waals surface area contributed by atoms with Crippen molar-refractivity contribution in [1.29, 1.82) is 0 Å². The van der Waals surface area contributed by atoms with Gasteiger partial charge in [0.1, 0.15) is 4.70 Å². The Kier molecular flexibility index (Phi) is 3.43. The van der Waals surface area contributed by atoms with Gasteiger partial charge in [0.05, 0.1) is 6.42 Å². The third-order valence-electron chi connectivity index (χ3n) is 3.19. The lowest BCUT2D eigenvalue weighted by Crippen LogP contribution is -2.35. The van der Waals surface area contributed by atoms with E-state index in [1.807, 2.05) is 17.4 Å². The van der Waals surface area contributed by atoms with E-state index in [0.717, 1.165) is 13.0 Å². The van der Waals surface area contributed by atoms with Gasteiger partial charge in [0.25, 0.3) is 0 Å². The highest BCUT2D eigenvalue weighted by atomic mass is 32.1. The molecule has 3 rings (SSSR count). The second-order valence-electron chi connectivity index (χ2n) is 4.53. The van der Waals surface area contributed by atoms with Crippen LogP contribution < -0.4 is 4.57 Å². The van der Waals surface area contributed by atoms with Crippen LogP contribution in [0.2, 0.25) is 0 Å². The maximum absolute atomic E-state index is 3.87. The van der Waals surface area contributed by atoms with Crippen molar-refractivity contribution in [3.8, 4) is 0 Å². The van der Waals surface area contributed by atoms with Gasteiger partial charge in [-0.25, -0.2) is 0 Å². The average Bonchev–Trinajstić information content (AvgIpc) is 2.79. The quantitative estimate of drug-likeness (QED) is 0.497. The van der Waals surface area contributed by atoms with E-state index in [0.29, 0.717) is 0 Å². The first kappa shape index (κ1) is 12.1. The van der Waals surface area contributed by atoms with Gasteiger partial charge >= 0.3 is 0 Å². The molecule has 0 atom stereocenters. The summed E-state index contributed by atoms with van der Waals surface area (Å²) in [5, 5.41) is 1.38. The largest absolute Gasteiger partial charge is 0.243 e. The zero-order valence-corrected chi connectivity index (χ0v) is 11.6. The topological polar surface area (TPSA) is 3.88 Å². The predicted octanol–water partition coefficient (Wildman–Crippen LogP) is 3.97. The van der Waals surface area contributed by atoms with Crippen molar-refractivity contribution in [1.82, 2.24) is 0 Å². The molecule has 0 amide bonds. The predicted molar refractivity (Wildman–Crippen MR) is 81.5 cm³/mol.